The molecule has 0 N–H and O–H groups in total. The molecule has 0 saturated carbocycles. The molecule has 0 atom stereocenters. The predicted molar refractivity (Wildman–Crippen MR) is 147 cm³/mol. The molecule has 2 saturated heterocycles. The first-order valence-corrected chi connectivity index (χ1v) is 15.3. The third-order valence-electron chi connectivity index (χ3n) is 7.05. The van der Waals surface area contributed by atoms with Crippen molar-refractivity contribution >= 4 is 48.7 Å². The van der Waals surface area contributed by atoms with Crippen LogP contribution in [-0.4, -0.2) is 98.5 Å². The first-order valence-electron chi connectivity index (χ1n) is 13.0. The van der Waals surface area contributed by atoms with Crippen molar-refractivity contribution in [3.63, 3.8) is 0 Å². The molecule has 15 heteroatoms. The second-order valence-corrected chi connectivity index (χ2v) is 12.5. The van der Waals surface area contributed by atoms with Gasteiger partial charge >= 0.3 is 12.3 Å². The van der Waals surface area contributed by atoms with Gasteiger partial charge in [0.15, 0.2) is 5.13 Å². The summed E-state index contributed by atoms with van der Waals surface area (Å²) in [5.41, 5.74) is -0.510. The van der Waals surface area contributed by atoms with Gasteiger partial charge < -0.3 is 19.4 Å². The van der Waals surface area contributed by atoms with Gasteiger partial charge in [0, 0.05) is 57.9 Å². The number of piperazine rings is 2. The molecular formula is C26H28F3N5O5S2. The minimum absolute atomic E-state index is 0.0533. The largest absolute Gasteiger partial charge is 0.450 e. The van der Waals surface area contributed by atoms with Gasteiger partial charge in [-0.3, -0.25) is 4.79 Å². The Hall–Kier alpha value is -3.43. The van der Waals surface area contributed by atoms with Crippen LogP contribution in [0, 0.1) is 0 Å². The first-order chi connectivity index (χ1) is 19.5. The summed E-state index contributed by atoms with van der Waals surface area (Å²) in [5, 5.41) is 0.474. The molecule has 0 bridgehead atoms. The van der Waals surface area contributed by atoms with Crippen LogP contribution in [0.15, 0.2) is 47.4 Å². The van der Waals surface area contributed by atoms with Crippen LogP contribution in [0.4, 0.5) is 23.1 Å². The average Bonchev–Trinajstić information content (AvgIpc) is 3.41. The average molecular weight is 612 g/mol. The molecule has 0 spiro atoms. The number of rotatable bonds is 5. The molecule has 2 aromatic carbocycles. The minimum Gasteiger partial charge on any atom is -0.450 e. The number of ether oxygens (including phenoxy) is 1. The maximum atomic E-state index is 13.4. The van der Waals surface area contributed by atoms with Crippen LogP contribution in [0.5, 0.6) is 0 Å². The fraction of sp³-hybridized carbons (Fsp3) is 0.423. The molecule has 3 aromatic rings. The number of hydrogen-bond acceptors (Lipinski definition) is 8. The van der Waals surface area contributed by atoms with Crippen molar-refractivity contribution in [2.24, 2.45) is 0 Å². The highest BCUT2D eigenvalue weighted by atomic mass is 32.2. The van der Waals surface area contributed by atoms with E-state index < -0.39 is 27.9 Å². The zero-order valence-corrected chi connectivity index (χ0v) is 23.8. The molecule has 10 nitrogen and oxygen atoms in total. The zero-order valence-electron chi connectivity index (χ0n) is 22.1. The van der Waals surface area contributed by atoms with Gasteiger partial charge in [0.05, 0.1) is 27.3 Å². The van der Waals surface area contributed by atoms with E-state index in [2.05, 4.69) is 4.98 Å². The summed E-state index contributed by atoms with van der Waals surface area (Å²) in [4.78, 5) is 34.3. The summed E-state index contributed by atoms with van der Waals surface area (Å²) in [6.07, 6.45) is -4.96. The van der Waals surface area contributed by atoms with Gasteiger partial charge in [-0.25, -0.2) is 18.2 Å². The second kappa shape index (κ2) is 11.4. The number of aromatic nitrogens is 1. The molecule has 2 aliphatic rings. The molecule has 220 valence electrons. The van der Waals surface area contributed by atoms with E-state index in [1.165, 1.54) is 50.9 Å². The Morgan fingerprint density at radius 3 is 2.17 bits per heavy atom. The fourth-order valence-corrected chi connectivity index (χ4v) is 7.29. The topological polar surface area (TPSA) is 103 Å². The second-order valence-electron chi connectivity index (χ2n) is 9.54. The molecule has 0 unspecified atom stereocenters. The van der Waals surface area contributed by atoms with Crippen LogP contribution in [0.25, 0.3) is 10.2 Å². The smallest absolute Gasteiger partial charge is 0.418 e. The summed E-state index contributed by atoms with van der Waals surface area (Å²) in [6, 6.07) is 9.74. The Morgan fingerprint density at radius 1 is 0.927 bits per heavy atom. The van der Waals surface area contributed by atoms with Crippen LogP contribution < -0.4 is 4.90 Å². The van der Waals surface area contributed by atoms with Gasteiger partial charge in [-0.05, 0) is 43.3 Å². The fourth-order valence-electron chi connectivity index (χ4n) is 4.83. The van der Waals surface area contributed by atoms with E-state index in [-0.39, 0.29) is 49.1 Å². The summed E-state index contributed by atoms with van der Waals surface area (Å²) in [6.45, 7) is 4.15. The van der Waals surface area contributed by atoms with Crippen molar-refractivity contribution in [1.82, 2.24) is 19.1 Å². The number of anilines is 1. The number of fused-ring (bicyclic) bond motifs is 1. The Morgan fingerprint density at radius 2 is 1.56 bits per heavy atom. The number of carbonyl (C=O) groups is 2. The van der Waals surface area contributed by atoms with Crippen molar-refractivity contribution < 1.29 is 35.9 Å². The molecule has 0 aliphatic carbocycles. The number of benzene rings is 2. The predicted octanol–water partition coefficient (Wildman–Crippen LogP) is 3.74. The molecule has 0 radical (unpaired) electrons. The molecule has 5 rings (SSSR count). The van der Waals surface area contributed by atoms with Gasteiger partial charge in [0.25, 0.3) is 5.91 Å². The maximum Gasteiger partial charge on any atom is 0.418 e. The number of nitrogens with zero attached hydrogens (tertiary/aromatic N) is 5. The van der Waals surface area contributed by atoms with Gasteiger partial charge in [-0.1, -0.05) is 17.4 Å². The lowest BCUT2D eigenvalue weighted by atomic mass is 10.2. The number of alkyl halides is 3. The quantitative estimate of drug-likeness (QED) is 0.433. The SMILES string of the molecule is CCOC(=O)N1CCN(S(=O)(=O)c2ccc(C(=O)N3CCN(c4nc5c(C(F)(F)F)cccc5s4)CC3)cc2)CC1. The number of para-hydroxylation sites is 1. The Labute approximate surface area is 238 Å². The third-order valence-corrected chi connectivity index (χ3v) is 10.0. The Bertz CT molecular complexity index is 1530. The number of carbonyl (C=O) groups excluding carboxylic acids is 2. The number of sulfonamides is 1. The van der Waals surface area contributed by atoms with Crippen LogP contribution in [0.3, 0.4) is 0 Å². The lowest BCUT2D eigenvalue weighted by molar-refractivity contribution is -0.136. The van der Waals surface area contributed by atoms with Crippen LogP contribution >= 0.6 is 11.3 Å². The highest BCUT2D eigenvalue weighted by Crippen LogP contribution is 2.38. The molecular weight excluding hydrogens is 583 g/mol. The maximum absolute atomic E-state index is 13.4. The van der Waals surface area contributed by atoms with E-state index in [9.17, 15) is 31.2 Å². The minimum atomic E-state index is -4.50. The van der Waals surface area contributed by atoms with Crippen molar-refractivity contribution in [3.8, 4) is 0 Å². The Kier molecular flexibility index (Phi) is 8.12. The van der Waals surface area contributed by atoms with Gasteiger partial charge in [-0.2, -0.15) is 17.5 Å². The van der Waals surface area contributed by atoms with E-state index >= 15 is 0 Å². The summed E-state index contributed by atoms with van der Waals surface area (Å²) in [7, 11) is -3.81. The van der Waals surface area contributed by atoms with Crippen LogP contribution in [0.1, 0.15) is 22.8 Å². The van der Waals surface area contributed by atoms with E-state index in [1.807, 2.05) is 4.90 Å². The van der Waals surface area contributed by atoms with Crippen molar-refractivity contribution in [2.75, 3.05) is 63.9 Å². The van der Waals surface area contributed by atoms with Crippen molar-refractivity contribution in [2.45, 2.75) is 18.0 Å². The monoisotopic (exact) mass is 611 g/mol. The number of hydrogen-bond donors (Lipinski definition) is 0. The normalized spacial score (nSPS) is 17.2. The molecule has 41 heavy (non-hydrogen) atoms. The molecule has 2 aliphatic heterocycles. The van der Waals surface area contributed by atoms with Crippen molar-refractivity contribution in [3.05, 3.63) is 53.6 Å². The molecule has 2 amide bonds. The number of halogens is 3. The van der Waals surface area contributed by atoms with E-state index in [1.54, 1.807) is 17.9 Å². The first kappa shape index (κ1) is 29.1. The molecule has 3 heterocycles. The lowest BCUT2D eigenvalue weighted by Gasteiger charge is -2.34. The van der Waals surface area contributed by atoms with Gasteiger partial charge in [0.1, 0.15) is 0 Å². The van der Waals surface area contributed by atoms with Gasteiger partial charge in [0.2, 0.25) is 10.0 Å². The van der Waals surface area contributed by atoms with E-state index in [4.69, 9.17) is 4.74 Å². The Balaban J connectivity index is 1.19. The van der Waals surface area contributed by atoms with Crippen molar-refractivity contribution in [1.29, 1.82) is 0 Å². The zero-order chi connectivity index (χ0) is 29.4. The number of amides is 2. The van der Waals surface area contributed by atoms with Crippen LogP contribution in [0.2, 0.25) is 0 Å². The lowest BCUT2D eigenvalue weighted by Crippen LogP contribution is -2.50. The summed E-state index contributed by atoms with van der Waals surface area (Å²) in [5.74, 6) is -0.264. The molecule has 2 fully saturated rings. The highest BCUT2D eigenvalue weighted by molar-refractivity contribution is 7.89. The van der Waals surface area contributed by atoms with E-state index in [0.29, 0.717) is 41.6 Å². The van der Waals surface area contributed by atoms with Gasteiger partial charge in [-0.15, -0.1) is 0 Å². The standard InChI is InChI=1S/C26H28F3N5O5S2/c1-2-39-25(36)33-14-16-34(17-15-33)41(37,38)19-8-6-18(7-9-19)23(35)31-10-12-32(13-11-31)24-30-22-20(26(27,28)29)4-3-5-21(22)40-24/h3-9H,2,10-17H2,1H3. The van der Waals surface area contributed by atoms with Crippen LogP contribution in [-0.2, 0) is 20.9 Å². The summed E-state index contributed by atoms with van der Waals surface area (Å²) >= 11 is 1.18. The highest BCUT2D eigenvalue weighted by Gasteiger charge is 2.35. The number of thiazole rings is 1. The molecule has 1 aromatic heterocycles. The third kappa shape index (κ3) is 5.97. The van der Waals surface area contributed by atoms with E-state index in [0.717, 1.165) is 6.07 Å². The summed E-state index contributed by atoms with van der Waals surface area (Å²) < 4.78 is 73.1.